The maximum atomic E-state index is 9.35. The minimum Gasteiger partial charge on any atom is -0.455 e. The fourth-order valence-corrected chi connectivity index (χ4v) is 8.42. The number of fused-ring (bicyclic) bond motifs is 7. The zero-order valence-electron chi connectivity index (χ0n) is 37.9. The second-order valence-corrected chi connectivity index (χ2v) is 14.7. The van der Waals surface area contributed by atoms with Gasteiger partial charge in [0.25, 0.3) is 0 Å². The third kappa shape index (κ3) is 5.52. The van der Waals surface area contributed by atoms with E-state index in [0.717, 1.165) is 60.5 Å². The summed E-state index contributed by atoms with van der Waals surface area (Å²) in [6.07, 6.45) is 0. The van der Waals surface area contributed by atoms with Crippen molar-refractivity contribution in [3.63, 3.8) is 0 Å². The molecule has 0 saturated carbocycles. The molecular weight excluding hydrogens is 733 g/mol. The van der Waals surface area contributed by atoms with Gasteiger partial charge in [0, 0.05) is 43.8 Å². The summed E-state index contributed by atoms with van der Waals surface area (Å²) in [6.45, 7) is 0. The normalized spacial score (nSPS) is 13.1. The van der Waals surface area contributed by atoms with E-state index in [1.165, 1.54) is 12.1 Å². The zero-order chi connectivity index (χ0) is 44.8. The van der Waals surface area contributed by atoms with Crippen LogP contribution in [0.5, 0.6) is 0 Å². The Hall–Kier alpha value is -8.15. The van der Waals surface area contributed by atoms with E-state index in [2.05, 4.69) is 42.5 Å². The highest BCUT2D eigenvalue weighted by Crippen LogP contribution is 2.41. The molecule has 5 heteroatoms. The van der Waals surface area contributed by atoms with Gasteiger partial charge in [-0.15, -0.1) is 0 Å². The van der Waals surface area contributed by atoms with Crippen LogP contribution in [0.25, 0.3) is 117 Å². The van der Waals surface area contributed by atoms with E-state index in [9.17, 15) is 2.74 Å². The average molecular weight is 773 g/mol. The molecule has 3 aromatic heterocycles. The molecule has 0 N–H and O–H groups in total. The molecular formula is C55H34N4O. The number of aromatic nitrogens is 4. The summed E-state index contributed by atoms with van der Waals surface area (Å²) in [4.78, 5) is 15.4. The SMILES string of the molecule is [2H]c1cc([2H])c2c(c1[2H])c1c([2H])c([2H])cc([2H])c1n2-c1cc(-c2cccc3c2oc2ccccc23)ccc1-c1nc(-c2ccccc2)nc(-c2ccc(-c3cccc4ccccc34)cc2)n1. The Morgan fingerprint density at radius 2 is 0.983 bits per heavy atom. The number of furan rings is 1. The van der Waals surface area contributed by atoms with Crippen LogP contribution in [0, 0.1) is 0 Å². The standard InChI is InChI=1S/C55H34N4O/c1-2-15-37(16-3-1)53-56-54(38-30-28-36(29-31-38)41-22-12-17-35-14-4-5-18-40(35)41)58-55(57-53)47-33-32-39(42-23-13-24-46-45-21-8-11-27-51(45)60-52(42)46)34-50(47)59-48-25-9-6-19-43(48)44-20-7-10-26-49(44)59/h1-34H/i6D,7D,19D,20D,25D,26D. The topological polar surface area (TPSA) is 56.7 Å². The fraction of sp³-hybridized carbons (Fsp3) is 0. The van der Waals surface area contributed by atoms with Crippen molar-refractivity contribution in [1.82, 2.24) is 19.5 Å². The van der Waals surface area contributed by atoms with Gasteiger partial charge in [-0.1, -0.05) is 176 Å². The summed E-state index contributed by atoms with van der Waals surface area (Å²) in [5.74, 6) is 1.16. The van der Waals surface area contributed by atoms with Crippen molar-refractivity contribution >= 4 is 54.5 Å². The minimum absolute atomic E-state index is 0.0733. The van der Waals surface area contributed by atoms with Crippen LogP contribution < -0.4 is 0 Å². The highest BCUT2D eigenvalue weighted by Gasteiger charge is 2.21. The largest absolute Gasteiger partial charge is 0.455 e. The van der Waals surface area contributed by atoms with Crippen LogP contribution in [0.1, 0.15) is 8.22 Å². The molecule has 0 saturated heterocycles. The van der Waals surface area contributed by atoms with Gasteiger partial charge in [0.2, 0.25) is 0 Å². The molecule has 12 aromatic rings. The van der Waals surface area contributed by atoms with E-state index in [1.54, 1.807) is 4.57 Å². The molecule has 0 amide bonds. The van der Waals surface area contributed by atoms with Crippen molar-refractivity contribution in [2.75, 3.05) is 0 Å². The molecule has 5 nitrogen and oxygen atoms in total. The molecule has 0 atom stereocenters. The van der Waals surface area contributed by atoms with Crippen molar-refractivity contribution in [2.24, 2.45) is 0 Å². The molecule has 0 aliphatic rings. The molecule has 0 unspecified atom stereocenters. The summed E-state index contributed by atoms with van der Waals surface area (Å²) in [5.41, 5.74) is 8.08. The Balaban J connectivity index is 1.15. The van der Waals surface area contributed by atoms with Crippen LogP contribution >= 0.6 is 0 Å². The predicted octanol–water partition coefficient (Wildman–Crippen LogP) is 14.4. The Kier molecular flexibility index (Phi) is 6.48. The highest BCUT2D eigenvalue weighted by atomic mass is 16.3. The summed E-state index contributed by atoms with van der Waals surface area (Å²) in [5, 5.41) is 4.53. The number of hydrogen-bond acceptors (Lipinski definition) is 4. The van der Waals surface area contributed by atoms with Crippen LogP contribution in [0.3, 0.4) is 0 Å². The molecule has 0 aliphatic heterocycles. The first-order valence-electron chi connectivity index (χ1n) is 22.7. The van der Waals surface area contributed by atoms with Crippen LogP contribution in [0.4, 0.5) is 0 Å². The third-order valence-corrected chi connectivity index (χ3v) is 11.2. The lowest BCUT2D eigenvalue weighted by molar-refractivity contribution is 0.670. The van der Waals surface area contributed by atoms with Crippen molar-refractivity contribution in [3.8, 4) is 62.1 Å². The first-order chi connectivity index (χ1) is 32.2. The van der Waals surface area contributed by atoms with E-state index >= 15 is 0 Å². The van der Waals surface area contributed by atoms with Gasteiger partial charge in [-0.05, 0) is 57.7 Å². The molecule has 0 fully saturated rings. The van der Waals surface area contributed by atoms with E-state index in [-0.39, 0.29) is 58.1 Å². The van der Waals surface area contributed by atoms with Gasteiger partial charge in [0.1, 0.15) is 11.2 Å². The van der Waals surface area contributed by atoms with E-state index < -0.39 is 0 Å². The van der Waals surface area contributed by atoms with Crippen LogP contribution in [0.2, 0.25) is 0 Å². The second kappa shape index (κ2) is 13.8. The zero-order valence-corrected chi connectivity index (χ0v) is 31.9. The molecule has 3 heterocycles. The number of nitrogens with zero attached hydrogens (tertiary/aromatic N) is 4. The number of benzene rings is 9. The van der Waals surface area contributed by atoms with Crippen molar-refractivity contribution < 1.29 is 12.6 Å². The quantitative estimate of drug-likeness (QED) is 0.169. The first kappa shape index (κ1) is 28.3. The molecule has 12 rings (SSSR count). The van der Waals surface area contributed by atoms with Crippen molar-refractivity contribution in [3.05, 3.63) is 206 Å². The van der Waals surface area contributed by atoms with Crippen LogP contribution in [-0.2, 0) is 0 Å². The Bertz CT molecular complexity index is 3880. The van der Waals surface area contributed by atoms with Crippen molar-refractivity contribution in [2.45, 2.75) is 0 Å². The van der Waals surface area contributed by atoms with Gasteiger partial charge < -0.3 is 8.98 Å². The molecule has 280 valence electrons. The average Bonchev–Trinajstić information content (AvgIpc) is 3.93. The van der Waals surface area contributed by atoms with Crippen LogP contribution in [0.15, 0.2) is 211 Å². The lowest BCUT2D eigenvalue weighted by atomic mass is 9.97. The number of hydrogen-bond donors (Lipinski definition) is 0. The number of rotatable bonds is 6. The lowest BCUT2D eigenvalue weighted by Crippen LogP contribution is -2.04. The Morgan fingerprint density at radius 3 is 1.77 bits per heavy atom. The highest BCUT2D eigenvalue weighted by molar-refractivity contribution is 6.11. The summed E-state index contributed by atoms with van der Waals surface area (Å²) < 4.78 is 62.5. The van der Waals surface area contributed by atoms with Gasteiger partial charge in [-0.25, -0.2) is 15.0 Å². The van der Waals surface area contributed by atoms with Gasteiger partial charge in [0.05, 0.1) is 24.9 Å². The summed E-state index contributed by atoms with van der Waals surface area (Å²) in [7, 11) is 0. The van der Waals surface area contributed by atoms with Crippen molar-refractivity contribution in [1.29, 1.82) is 0 Å². The summed E-state index contributed by atoms with van der Waals surface area (Å²) in [6, 6.07) is 53.8. The van der Waals surface area contributed by atoms with E-state index in [0.29, 0.717) is 34.3 Å². The predicted molar refractivity (Wildman–Crippen MR) is 246 cm³/mol. The van der Waals surface area contributed by atoms with E-state index in [4.69, 9.17) is 24.9 Å². The van der Waals surface area contributed by atoms with E-state index in [1.807, 2.05) is 115 Å². The Labute approximate surface area is 353 Å². The minimum atomic E-state index is -0.200. The maximum absolute atomic E-state index is 9.35. The third-order valence-electron chi connectivity index (χ3n) is 11.2. The van der Waals surface area contributed by atoms with Gasteiger partial charge in [-0.3, -0.25) is 0 Å². The monoisotopic (exact) mass is 772 g/mol. The first-order valence-corrected chi connectivity index (χ1v) is 19.7. The molecule has 0 bridgehead atoms. The summed E-state index contributed by atoms with van der Waals surface area (Å²) >= 11 is 0. The van der Waals surface area contributed by atoms with Gasteiger partial charge in [-0.2, -0.15) is 0 Å². The second-order valence-electron chi connectivity index (χ2n) is 14.7. The number of para-hydroxylation sites is 4. The lowest BCUT2D eigenvalue weighted by Gasteiger charge is -2.16. The Morgan fingerprint density at radius 1 is 0.400 bits per heavy atom. The van der Waals surface area contributed by atoms with Gasteiger partial charge >= 0.3 is 0 Å². The molecule has 60 heavy (non-hydrogen) atoms. The molecule has 0 spiro atoms. The van der Waals surface area contributed by atoms with Crippen LogP contribution in [-0.4, -0.2) is 19.5 Å². The molecule has 0 radical (unpaired) electrons. The smallest absolute Gasteiger partial charge is 0.166 e. The maximum Gasteiger partial charge on any atom is 0.166 e. The molecule has 9 aromatic carbocycles. The molecule has 0 aliphatic carbocycles. The fourth-order valence-electron chi connectivity index (χ4n) is 8.42. The van der Waals surface area contributed by atoms with Gasteiger partial charge in [0.15, 0.2) is 17.5 Å².